The minimum Gasteiger partial charge on any atom is -0.380 e. The molecule has 0 aliphatic carbocycles. The summed E-state index contributed by atoms with van der Waals surface area (Å²) in [6, 6.07) is 22.0. The van der Waals surface area contributed by atoms with Gasteiger partial charge in [-0.15, -0.1) is 0 Å². The van der Waals surface area contributed by atoms with Crippen molar-refractivity contribution in [2.45, 2.75) is 32.9 Å². The number of nitrogens with zero attached hydrogens (tertiary/aromatic N) is 1. The van der Waals surface area contributed by atoms with Crippen molar-refractivity contribution in [3.63, 3.8) is 0 Å². The van der Waals surface area contributed by atoms with Crippen LogP contribution in [0.2, 0.25) is 0 Å². The first kappa shape index (κ1) is 16.7. The van der Waals surface area contributed by atoms with Crippen molar-refractivity contribution in [2.75, 3.05) is 19.8 Å². The van der Waals surface area contributed by atoms with Crippen LogP contribution in [0.25, 0.3) is 0 Å². The monoisotopic (exact) mass is 297 g/mol. The third-order valence-corrected chi connectivity index (χ3v) is 3.91. The van der Waals surface area contributed by atoms with Crippen molar-refractivity contribution < 1.29 is 4.74 Å². The maximum absolute atomic E-state index is 5.67. The van der Waals surface area contributed by atoms with Crippen LogP contribution in [-0.2, 0) is 11.3 Å². The van der Waals surface area contributed by atoms with Crippen molar-refractivity contribution in [3.8, 4) is 0 Å². The molecule has 1 atom stereocenters. The topological polar surface area (TPSA) is 12.5 Å². The number of rotatable bonds is 3. The molecule has 0 amide bonds. The summed E-state index contributed by atoms with van der Waals surface area (Å²) >= 11 is 0. The first-order valence-electron chi connectivity index (χ1n) is 8.34. The first-order valence-corrected chi connectivity index (χ1v) is 8.34. The Balaban J connectivity index is 0.000000847. The normalized spacial score (nSPS) is 18.9. The summed E-state index contributed by atoms with van der Waals surface area (Å²) in [7, 11) is 0. The Morgan fingerprint density at radius 3 is 2.23 bits per heavy atom. The second-order valence-corrected chi connectivity index (χ2v) is 5.28. The van der Waals surface area contributed by atoms with E-state index in [1.54, 1.807) is 0 Å². The van der Waals surface area contributed by atoms with Gasteiger partial charge < -0.3 is 4.74 Å². The molecule has 0 N–H and O–H groups in total. The van der Waals surface area contributed by atoms with Crippen LogP contribution in [0.1, 0.15) is 37.4 Å². The summed E-state index contributed by atoms with van der Waals surface area (Å²) in [6.45, 7) is 7.67. The van der Waals surface area contributed by atoms with Crippen LogP contribution in [0.15, 0.2) is 60.7 Å². The fourth-order valence-corrected chi connectivity index (χ4v) is 2.88. The minimum atomic E-state index is 0.457. The first-order chi connectivity index (χ1) is 10.9. The fourth-order valence-electron chi connectivity index (χ4n) is 2.88. The van der Waals surface area contributed by atoms with E-state index in [4.69, 9.17) is 4.74 Å². The van der Waals surface area contributed by atoms with Crippen LogP contribution < -0.4 is 0 Å². The molecule has 1 aliphatic heterocycles. The summed E-state index contributed by atoms with van der Waals surface area (Å²) in [5.41, 5.74) is 2.77. The van der Waals surface area contributed by atoms with Gasteiger partial charge in [0.1, 0.15) is 0 Å². The van der Waals surface area contributed by atoms with Gasteiger partial charge in [-0.2, -0.15) is 0 Å². The van der Waals surface area contributed by atoms with E-state index in [9.17, 15) is 0 Å². The molecule has 118 valence electrons. The maximum atomic E-state index is 5.67. The quantitative estimate of drug-likeness (QED) is 0.816. The number of hydrogen-bond acceptors (Lipinski definition) is 2. The van der Waals surface area contributed by atoms with Crippen LogP contribution in [0.4, 0.5) is 0 Å². The largest absolute Gasteiger partial charge is 0.380 e. The summed E-state index contributed by atoms with van der Waals surface area (Å²) in [4.78, 5) is 2.54. The molecule has 1 unspecified atom stereocenters. The van der Waals surface area contributed by atoms with Crippen LogP contribution in [0, 0.1) is 0 Å². The number of ether oxygens (including phenoxy) is 1. The Labute approximate surface area is 134 Å². The zero-order chi connectivity index (χ0) is 15.6. The van der Waals surface area contributed by atoms with Gasteiger partial charge in [-0.05, 0) is 17.5 Å². The Morgan fingerprint density at radius 2 is 1.55 bits per heavy atom. The zero-order valence-corrected chi connectivity index (χ0v) is 13.7. The van der Waals surface area contributed by atoms with Crippen LogP contribution in [-0.4, -0.2) is 24.7 Å². The fraction of sp³-hybridized carbons (Fsp3) is 0.400. The van der Waals surface area contributed by atoms with Gasteiger partial charge in [0.05, 0.1) is 6.61 Å². The van der Waals surface area contributed by atoms with Gasteiger partial charge in [-0.25, -0.2) is 0 Å². The Morgan fingerprint density at radius 1 is 0.909 bits per heavy atom. The van der Waals surface area contributed by atoms with Crippen molar-refractivity contribution in [1.29, 1.82) is 0 Å². The van der Waals surface area contributed by atoms with E-state index in [-0.39, 0.29) is 0 Å². The molecule has 2 heteroatoms. The average Bonchev–Trinajstić information content (AvgIpc) is 2.84. The molecule has 0 spiro atoms. The van der Waals surface area contributed by atoms with Crippen LogP contribution in [0.3, 0.4) is 0 Å². The molecule has 1 heterocycles. The SMILES string of the molecule is CC.c1ccc(CN2CCOCCC2c2ccccc2)cc1. The average molecular weight is 297 g/mol. The van der Waals surface area contributed by atoms with Gasteiger partial charge in [-0.3, -0.25) is 4.90 Å². The lowest BCUT2D eigenvalue weighted by molar-refractivity contribution is 0.139. The minimum absolute atomic E-state index is 0.457. The van der Waals surface area contributed by atoms with Gasteiger partial charge in [0.15, 0.2) is 0 Å². The maximum Gasteiger partial charge on any atom is 0.0593 e. The second kappa shape index (κ2) is 9.39. The molecule has 1 fully saturated rings. The Kier molecular flexibility index (Phi) is 7.14. The molecule has 1 saturated heterocycles. The third-order valence-electron chi connectivity index (χ3n) is 3.91. The van der Waals surface area contributed by atoms with E-state index in [0.29, 0.717) is 6.04 Å². The Bertz CT molecular complexity index is 512. The van der Waals surface area contributed by atoms with E-state index in [1.165, 1.54) is 11.1 Å². The predicted molar refractivity (Wildman–Crippen MR) is 92.8 cm³/mol. The number of hydrogen-bond donors (Lipinski definition) is 0. The van der Waals surface area contributed by atoms with Crippen LogP contribution >= 0.6 is 0 Å². The summed E-state index contributed by atoms with van der Waals surface area (Å²) in [5, 5.41) is 0. The summed E-state index contributed by atoms with van der Waals surface area (Å²) < 4.78 is 5.67. The van der Waals surface area contributed by atoms with E-state index < -0.39 is 0 Å². The molecule has 2 aromatic carbocycles. The zero-order valence-electron chi connectivity index (χ0n) is 13.7. The number of benzene rings is 2. The van der Waals surface area contributed by atoms with Crippen molar-refractivity contribution in [2.24, 2.45) is 0 Å². The van der Waals surface area contributed by atoms with Crippen molar-refractivity contribution in [1.82, 2.24) is 4.90 Å². The molecule has 3 rings (SSSR count). The van der Waals surface area contributed by atoms with Gasteiger partial charge in [-0.1, -0.05) is 74.5 Å². The molecular formula is C20H27NO. The lowest BCUT2D eigenvalue weighted by Crippen LogP contribution is -2.29. The molecule has 1 aliphatic rings. The highest BCUT2D eigenvalue weighted by molar-refractivity contribution is 5.20. The highest BCUT2D eigenvalue weighted by Gasteiger charge is 2.22. The molecule has 2 aromatic rings. The van der Waals surface area contributed by atoms with E-state index in [2.05, 4.69) is 65.6 Å². The standard InChI is InChI=1S/C18H21NO.C2H6/c1-3-7-16(8-4-1)15-19-12-14-20-13-11-18(19)17-9-5-2-6-10-17;1-2/h1-10,18H,11-15H2;1-2H3. The molecule has 0 saturated carbocycles. The van der Waals surface area contributed by atoms with Gasteiger partial charge >= 0.3 is 0 Å². The smallest absolute Gasteiger partial charge is 0.0593 e. The van der Waals surface area contributed by atoms with E-state index in [1.807, 2.05) is 13.8 Å². The predicted octanol–water partition coefficient (Wildman–Crippen LogP) is 4.68. The van der Waals surface area contributed by atoms with E-state index >= 15 is 0 Å². The molecular weight excluding hydrogens is 270 g/mol. The lowest BCUT2D eigenvalue weighted by atomic mass is 10.0. The molecule has 0 aromatic heterocycles. The molecule has 2 nitrogen and oxygen atoms in total. The summed E-state index contributed by atoms with van der Waals surface area (Å²) in [5.74, 6) is 0. The highest BCUT2D eigenvalue weighted by Crippen LogP contribution is 2.27. The highest BCUT2D eigenvalue weighted by atomic mass is 16.5. The van der Waals surface area contributed by atoms with Gasteiger partial charge in [0.2, 0.25) is 0 Å². The van der Waals surface area contributed by atoms with Crippen LogP contribution in [0.5, 0.6) is 0 Å². The molecule has 22 heavy (non-hydrogen) atoms. The van der Waals surface area contributed by atoms with Gasteiger partial charge in [0.25, 0.3) is 0 Å². The van der Waals surface area contributed by atoms with Crippen molar-refractivity contribution >= 4 is 0 Å². The van der Waals surface area contributed by atoms with Crippen molar-refractivity contribution in [3.05, 3.63) is 71.8 Å². The second-order valence-electron chi connectivity index (χ2n) is 5.28. The van der Waals surface area contributed by atoms with E-state index in [0.717, 1.165) is 32.7 Å². The molecule has 0 bridgehead atoms. The summed E-state index contributed by atoms with van der Waals surface area (Å²) in [6.07, 6.45) is 1.07. The third kappa shape index (κ3) is 4.69. The van der Waals surface area contributed by atoms with Gasteiger partial charge in [0, 0.05) is 25.7 Å². The molecule has 0 radical (unpaired) electrons. The Hall–Kier alpha value is -1.64. The lowest BCUT2D eigenvalue weighted by Gasteiger charge is -2.29.